The summed E-state index contributed by atoms with van der Waals surface area (Å²) in [5, 5.41) is 22.4. The summed E-state index contributed by atoms with van der Waals surface area (Å²) >= 11 is 0. The number of hydrogen-bond acceptors (Lipinski definition) is 8. The lowest BCUT2D eigenvalue weighted by atomic mass is 9.65. The van der Waals surface area contributed by atoms with Crippen LogP contribution in [0.25, 0.3) is 75.4 Å². The highest BCUT2D eigenvalue weighted by atomic mass is 16.5. The van der Waals surface area contributed by atoms with Gasteiger partial charge in [0, 0.05) is 75.5 Å². The summed E-state index contributed by atoms with van der Waals surface area (Å²) in [7, 11) is 0. The molecule has 1 spiro atoms. The van der Waals surface area contributed by atoms with Crippen molar-refractivity contribution in [2.75, 3.05) is 105 Å². The maximum absolute atomic E-state index is 6.13. The van der Waals surface area contributed by atoms with Gasteiger partial charge in [-0.15, -0.1) is 0 Å². The van der Waals surface area contributed by atoms with E-state index in [1.807, 2.05) is 0 Å². The average Bonchev–Trinajstić information content (AvgIpc) is 4.05. The van der Waals surface area contributed by atoms with E-state index >= 15 is 0 Å². The second-order valence-electron chi connectivity index (χ2n) is 18.2. The van der Waals surface area contributed by atoms with Crippen molar-refractivity contribution in [1.82, 2.24) is 9.80 Å². The Morgan fingerprint density at radius 1 is 0.518 bits per heavy atom. The van der Waals surface area contributed by atoms with Crippen LogP contribution >= 0.6 is 0 Å². The minimum Gasteiger partial charge on any atom is -0.378 e. The molecule has 4 atom stereocenters. The van der Waals surface area contributed by atoms with Crippen molar-refractivity contribution in [3.63, 3.8) is 0 Å². The van der Waals surface area contributed by atoms with E-state index in [4.69, 9.17) is 30.4 Å². The van der Waals surface area contributed by atoms with Gasteiger partial charge in [0.05, 0.1) is 52.9 Å². The minimum absolute atomic E-state index is 0.0855. The van der Waals surface area contributed by atoms with Crippen molar-refractivity contribution < 1.29 is 18.9 Å². The summed E-state index contributed by atoms with van der Waals surface area (Å²) < 4.78 is 23.4. The van der Waals surface area contributed by atoms with Crippen LogP contribution in [0.15, 0.2) is 30.3 Å². The molecule has 4 aliphatic carbocycles. The zero-order chi connectivity index (χ0) is 36.6. The Kier molecular flexibility index (Phi) is 6.50. The highest BCUT2D eigenvalue weighted by molar-refractivity contribution is 6.55. The zero-order valence-electron chi connectivity index (χ0n) is 32.0. The van der Waals surface area contributed by atoms with Gasteiger partial charge < -0.3 is 30.4 Å². The Labute approximate surface area is 325 Å². The van der Waals surface area contributed by atoms with Crippen LogP contribution in [0, 0.1) is 0 Å². The van der Waals surface area contributed by atoms with E-state index in [-0.39, 0.29) is 5.41 Å². The van der Waals surface area contributed by atoms with Crippen LogP contribution < -0.4 is 11.5 Å². The van der Waals surface area contributed by atoms with Crippen LogP contribution in [0.3, 0.4) is 0 Å². The van der Waals surface area contributed by atoms with E-state index in [9.17, 15) is 0 Å². The summed E-state index contributed by atoms with van der Waals surface area (Å²) in [5.74, 6) is 1.50. The van der Waals surface area contributed by atoms with E-state index in [2.05, 4.69) is 40.1 Å². The van der Waals surface area contributed by atoms with Gasteiger partial charge in [0.1, 0.15) is 0 Å². The summed E-state index contributed by atoms with van der Waals surface area (Å²) in [5.41, 5.74) is 22.7. The number of ether oxygens (including phenoxy) is 4. The molecule has 0 aromatic heterocycles. The predicted molar refractivity (Wildman–Crippen MR) is 224 cm³/mol. The van der Waals surface area contributed by atoms with Gasteiger partial charge in [-0.05, 0) is 127 Å². The number of nitrogens with two attached hydrogens (primary N) is 2. The molecule has 284 valence electrons. The third-order valence-electron chi connectivity index (χ3n) is 15.7. The first-order valence-corrected chi connectivity index (χ1v) is 21.4. The molecule has 6 aliphatic rings. The van der Waals surface area contributed by atoms with Crippen LogP contribution in [-0.2, 0) is 37.2 Å². The number of likely N-dealkylation sites (tertiary alicyclic amines) is 2. The number of hydrogen-bond donors (Lipinski definition) is 2. The zero-order valence-corrected chi connectivity index (χ0v) is 32.0. The smallest absolute Gasteiger partial charge is 0.0701 e. The van der Waals surface area contributed by atoms with E-state index < -0.39 is 0 Å². The lowest BCUT2D eigenvalue weighted by Crippen LogP contribution is -2.36. The topological polar surface area (TPSA) is 95.4 Å². The Hall–Kier alpha value is -3.70. The molecule has 2 fully saturated rings. The molecule has 0 amide bonds. The first-order chi connectivity index (χ1) is 27.7. The van der Waals surface area contributed by atoms with Gasteiger partial charge in [-0.2, -0.15) is 0 Å². The first kappa shape index (κ1) is 32.3. The fourth-order valence-electron chi connectivity index (χ4n) is 14.1. The third kappa shape index (κ3) is 3.72. The van der Waals surface area contributed by atoms with E-state index in [1.165, 1.54) is 5.39 Å². The Morgan fingerprint density at radius 2 is 1.09 bits per heavy atom. The van der Waals surface area contributed by atoms with Crippen LogP contribution in [-0.4, -0.2) is 115 Å². The monoisotopic (exact) mass is 744 g/mol. The van der Waals surface area contributed by atoms with Crippen LogP contribution in [0.5, 0.6) is 0 Å². The summed E-state index contributed by atoms with van der Waals surface area (Å²) in [6, 6.07) is 13.1. The normalized spacial score (nSPS) is 24.7. The molecular formula is C48H48N4O4. The van der Waals surface area contributed by atoms with Crippen molar-refractivity contribution in [3.8, 4) is 0 Å². The molecular weight excluding hydrogens is 697 g/mol. The molecule has 14 rings (SSSR count). The van der Waals surface area contributed by atoms with Crippen LogP contribution in [0.2, 0.25) is 0 Å². The van der Waals surface area contributed by atoms with Gasteiger partial charge in [-0.1, -0.05) is 30.3 Å². The molecule has 4 unspecified atom stereocenters. The highest BCUT2D eigenvalue weighted by Crippen LogP contribution is 2.69. The molecule has 56 heavy (non-hydrogen) atoms. The van der Waals surface area contributed by atoms with Crippen LogP contribution in [0.1, 0.15) is 56.7 Å². The van der Waals surface area contributed by atoms with Gasteiger partial charge in [0.2, 0.25) is 0 Å². The maximum Gasteiger partial charge on any atom is 0.0701 e. The molecule has 0 bridgehead atoms. The molecule has 0 radical (unpaired) electrons. The van der Waals surface area contributed by atoms with E-state index in [1.54, 1.807) is 109 Å². The van der Waals surface area contributed by atoms with Crippen molar-refractivity contribution in [1.29, 1.82) is 0 Å². The van der Waals surface area contributed by atoms with Crippen molar-refractivity contribution in [3.05, 3.63) is 69.3 Å². The number of nitrogens with zero attached hydrogens (tertiary/aromatic N) is 2. The standard InChI is InChI=1S/C48H48N4O4/c49-3-7-53-11-13-55-9-5-51-20-31-29-17-26-16-25-15-24-1-2-28-33-22-52(6-10-56-14-12-54-8-4-50)23-48(33)19-27-18-30(32(31)21-51)40-39(29)42-36(26)35(25)41-34(24)38(28)46-45(41)44(42)43(40)37(27)47(46)48/h1-2,15,17-18,31-33H,3-14,16,19-23,49-50H2. The first-order valence-electron chi connectivity index (χ1n) is 21.4. The quantitative estimate of drug-likeness (QED) is 0.0906. The molecule has 4 N–H and O–H groups in total. The van der Waals surface area contributed by atoms with Gasteiger partial charge in [-0.25, -0.2) is 0 Å². The number of fused-ring (bicyclic) bond motifs is 4. The van der Waals surface area contributed by atoms with E-state index in [0.717, 1.165) is 65.3 Å². The molecule has 2 heterocycles. The number of benzene rings is 6. The fourth-order valence-corrected chi connectivity index (χ4v) is 14.1. The Balaban J connectivity index is 0.942. The summed E-state index contributed by atoms with van der Waals surface area (Å²) in [6.07, 6.45) is 2.20. The second-order valence-corrected chi connectivity index (χ2v) is 18.2. The van der Waals surface area contributed by atoms with Crippen LogP contribution in [0.4, 0.5) is 0 Å². The SMILES string of the molecule is NCCOCCOCCN1CC2c3cc4c5c6c7c8c(ccc9cc%10c%11c%12c(cc(c%13c3c5c(c%13%12)c7c%11c98)C2C1)C%10)C1CN(CCOCCOCCN)CC61C4. The van der Waals surface area contributed by atoms with Gasteiger partial charge in [0.15, 0.2) is 0 Å². The predicted octanol–water partition coefficient (Wildman–Crippen LogP) is 6.10. The van der Waals surface area contributed by atoms with Crippen molar-refractivity contribution in [2.24, 2.45) is 11.5 Å². The van der Waals surface area contributed by atoms with Gasteiger partial charge >= 0.3 is 0 Å². The lowest BCUT2D eigenvalue weighted by Gasteiger charge is -2.37. The highest BCUT2D eigenvalue weighted by Gasteiger charge is 2.57. The van der Waals surface area contributed by atoms with Crippen molar-refractivity contribution >= 4 is 75.4 Å². The molecule has 2 aliphatic heterocycles. The Morgan fingerprint density at radius 3 is 1.80 bits per heavy atom. The van der Waals surface area contributed by atoms with Gasteiger partial charge in [0.25, 0.3) is 0 Å². The maximum atomic E-state index is 6.13. The van der Waals surface area contributed by atoms with Gasteiger partial charge in [-0.3, -0.25) is 9.80 Å². The van der Waals surface area contributed by atoms with Crippen molar-refractivity contribution in [2.45, 2.75) is 36.0 Å². The summed E-state index contributed by atoms with van der Waals surface area (Å²) in [4.78, 5) is 5.44. The lowest BCUT2D eigenvalue weighted by molar-refractivity contribution is 0.0428. The summed E-state index contributed by atoms with van der Waals surface area (Å²) in [6.45, 7) is 12.6. The largest absolute Gasteiger partial charge is 0.378 e. The molecule has 0 saturated carbocycles. The molecule has 8 heteroatoms. The molecule has 8 aromatic rings. The molecule has 2 saturated heterocycles. The van der Waals surface area contributed by atoms with E-state index in [0.29, 0.717) is 70.5 Å². The minimum atomic E-state index is 0.0855. The Bertz CT molecular complexity index is 2920. The molecule has 8 nitrogen and oxygen atoms in total. The molecule has 8 aromatic carbocycles. The second kappa shape index (κ2) is 11.3. The number of rotatable bonds is 16. The third-order valence-corrected chi connectivity index (χ3v) is 15.7. The fraction of sp³-hybridized carbons (Fsp3) is 0.458. The average molecular weight is 745 g/mol.